The molecule has 1 aromatic carbocycles. The fourth-order valence-electron chi connectivity index (χ4n) is 3.75. The molecular formula is C19H24ClN3O3. The Bertz CT molecular complexity index is 721. The third-order valence-corrected chi connectivity index (χ3v) is 5.71. The Morgan fingerprint density at radius 1 is 1.27 bits per heavy atom. The summed E-state index contributed by atoms with van der Waals surface area (Å²) in [5.41, 5.74) is -0.566. The fraction of sp³-hybridized carbons (Fsp3) is 0.526. The van der Waals surface area contributed by atoms with Crippen LogP contribution in [0.2, 0.25) is 5.02 Å². The van der Waals surface area contributed by atoms with Gasteiger partial charge in [0.2, 0.25) is 5.91 Å². The quantitative estimate of drug-likeness (QED) is 0.792. The SMILES string of the molecule is C[C@H]1CCCC[C@@H]1NC(=O)CN1C(=O)N[C@@](C)(c2ccc(Cl)cc2)C1=O. The molecule has 7 heteroatoms. The molecule has 1 aliphatic carbocycles. The lowest BCUT2D eigenvalue weighted by Gasteiger charge is -2.30. The van der Waals surface area contributed by atoms with Crippen molar-refractivity contribution in [1.82, 2.24) is 15.5 Å². The number of hydrogen-bond acceptors (Lipinski definition) is 3. The number of hydrogen-bond donors (Lipinski definition) is 2. The molecule has 1 aliphatic heterocycles. The Morgan fingerprint density at radius 2 is 1.92 bits per heavy atom. The molecule has 2 fully saturated rings. The summed E-state index contributed by atoms with van der Waals surface area (Å²) in [6.07, 6.45) is 4.30. The lowest BCUT2D eigenvalue weighted by atomic mass is 9.86. The molecule has 1 aromatic rings. The summed E-state index contributed by atoms with van der Waals surface area (Å²) in [7, 11) is 0. The van der Waals surface area contributed by atoms with Gasteiger partial charge in [0, 0.05) is 11.1 Å². The van der Waals surface area contributed by atoms with Crippen molar-refractivity contribution >= 4 is 29.4 Å². The Morgan fingerprint density at radius 3 is 2.58 bits per heavy atom. The van der Waals surface area contributed by atoms with E-state index >= 15 is 0 Å². The second-order valence-corrected chi connectivity index (χ2v) is 7.83. The van der Waals surface area contributed by atoms with Crippen LogP contribution in [0.25, 0.3) is 0 Å². The summed E-state index contributed by atoms with van der Waals surface area (Å²) in [6, 6.07) is 6.30. The van der Waals surface area contributed by atoms with Gasteiger partial charge in [0.15, 0.2) is 0 Å². The Labute approximate surface area is 158 Å². The lowest BCUT2D eigenvalue weighted by Crippen LogP contribution is -2.47. The van der Waals surface area contributed by atoms with Crippen LogP contribution in [0, 0.1) is 5.92 Å². The standard InChI is InChI=1S/C19H24ClN3O3/c1-12-5-3-4-6-15(12)21-16(24)11-23-17(25)19(2,22-18(23)26)13-7-9-14(20)10-8-13/h7-10,12,15H,3-6,11H2,1-2H3,(H,21,24)(H,22,26)/t12-,15-,19-/m0/s1. The van der Waals surface area contributed by atoms with Gasteiger partial charge in [-0.05, 0) is 43.4 Å². The third-order valence-electron chi connectivity index (χ3n) is 5.46. The number of nitrogens with zero attached hydrogens (tertiary/aromatic N) is 1. The first-order chi connectivity index (χ1) is 12.3. The van der Waals surface area contributed by atoms with Gasteiger partial charge in [-0.1, -0.05) is 43.5 Å². The number of carbonyl (C=O) groups is 3. The van der Waals surface area contributed by atoms with Gasteiger partial charge in [0.25, 0.3) is 5.91 Å². The van der Waals surface area contributed by atoms with Crippen molar-refractivity contribution in [2.24, 2.45) is 5.92 Å². The Hall–Kier alpha value is -2.08. The van der Waals surface area contributed by atoms with E-state index < -0.39 is 17.5 Å². The zero-order chi connectivity index (χ0) is 18.9. The van der Waals surface area contributed by atoms with Gasteiger partial charge in [-0.3, -0.25) is 14.5 Å². The molecule has 6 nitrogen and oxygen atoms in total. The highest BCUT2D eigenvalue weighted by Crippen LogP contribution is 2.29. The van der Waals surface area contributed by atoms with Crippen LogP contribution in [-0.2, 0) is 15.1 Å². The van der Waals surface area contributed by atoms with E-state index in [2.05, 4.69) is 17.6 Å². The molecule has 2 aliphatic rings. The van der Waals surface area contributed by atoms with Crippen LogP contribution in [0.5, 0.6) is 0 Å². The molecule has 1 heterocycles. The fourth-order valence-corrected chi connectivity index (χ4v) is 3.87. The minimum atomic E-state index is -1.19. The van der Waals surface area contributed by atoms with E-state index in [-0.39, 0.29) is 18.5 Å². The highest BCUT2D eigenvalue weighted by atomic mass is 35.5. The second kappa shape index (κ2) is 7.27. The zero-order valence-electron chi connectivity index (χ0n) is 15.0. The predicted molar refractivity (Wildman–Crippen MR) is 98.6 cm³/mol. The summed E-state index contributed by atoms with van der Waals surface area (Å²) >= 11 is 5.90. The van der Waals surface area contributed by atoms with Crippen molar-refractivity contribution in [3.63, 3.8) is 0 Å². The lowest BCUT2D eigenvalue weighted by molar-refractivity contribution is -0.135. The molecule has 3 atom stereocenters. The minimum absolute atomic E-state index is 0.111. The molecule has 0 bridgehead atoms. The van der Waals surface area contributed by atoms with Crippen LogP contribution in [0.3, 0.4) is 0 Å². The number of nitrogens with one attached hydrogen (secondary N) is 2. The maximum Gasteiger partial charge on any atom is 0.325 e. The number of amides is 4. The summed E-state index contributed by atoms with van der Waals surface area (Å²) in [6.45, 7) is 3.49. The summed E-state index contributed by atoms with van der Waals surface area (Å²) in [5.74, 6) is -0.320. The van der Waals surface area contributed by atoms with E-state index in [0.29, 0.717) is 16.5 Å². The zero-order valence-corrected chi connectivity index (χ0v) is 15.8. The molecule has 0 spiro atoms. The van der Waals surface area contributed by atoms with Crippen molar-refractivity contribution in [3.05, 3.63) is 34.9 Å². The molecular weight excluding hydrogens is 354 g/mol. The number of urea groups is 1. The van der Waals surface area contributed by atoms with Crippen molar-refractivity contribution in [2.75, 3.05) is 6.54 Å². The van der Waals surface area contributed by atoms with E-state index in [9.17, 15) is 14.4 Å². The first-order valence-electron chi connectivity index (χ1n) is 9.01. The van der Waals surface area contributed by atoms with Gasteiger partial charge in [0.05, 0.1) is 0 Å². The van der Waals surface area contributed by atoms with Crippen LogP contribution in [0.1, 0.15) is 45.1 Å². The summed E-state index contributed by atoms with van der Waals surface area (Å²) in [4.78, 5) is 38.5. The van der Waals surface area contributed by atoms with E-state index in [1.54, 1.807) is 31.2 Å². The van der Waals surface area contributed by atoms with Gasteiger partial charge in [-0.2, -0.15) is 0 Å². The predicted octanol–water partition coefficient (Wildman–Crippen LogP) is 2.80. The smallest absolute Gasteiger partial charge is 0.325 e. The summed E-state index contributed by atoms with van der Waals surface area (Å²) in [5, 5.41) is 6.23. The van der Waals surface area contributed by atoms with Crippen LogP contribution in [0.15, 0.2) is 24.3 Å². The van der Waals surface area contributed by atoms with E-state index in [4.69, 9.17) is 11.6 Å². The number of imide groups is 1. The normalized spacial score (nSPS) is 28.8. The molecule has 0 unspecified atom stereocenters. The highest BCUT2D eigenvalue weighted by molar-refractivity contribution is 6.30. The minimum Gasteiger partial charge on any atom is -0.352 e. The van der Waals surface area contributed by atoms with Crippen LogP contribution >= 0.6 is 11.6 Å². The maximum absolute atomic E-state index is 12.8. The molecule has 26 heavy (non-hydrogen) atoms. The van der Waals surface area contributed by atoms with Crippen molar-refractivity contribution in [2.45, 2.75) is 51.1 Å². The number of carbonyl (C=O) groups excluding carboxylic acids is 3. The molecule has 1 saturated carbocycles. The van der Waals surface area contributed by atoms with E-state index in [0.717, 1.165) is 24.2 Å². The molecule has 3 rings (SSSR count). The van der Waals surface area contributed by atoms with Gasteiger partial charge < -0.3 is 10.6 Å². The second-order valence-electron chi connectivity index (χ2n) is 7.39. The molecule has 4 amide bonds. The average Bonchev–Trinajstić information content (AvgIpc) is 2.82. The molecule has 1 saturated heterocycles. The van der Waals surface area contributed by atoms with Crippen molar-refractivity contribution in [3.8, 4) is 0 Å². The molecule has 0 aromatic heterocycles. The third kappa shape index (κ3) is 3.56. The van der Waals surface area contributed by atoms with Crippen molar-refractivity contribution < 1.29 is 14.4 Å². The van der Waals surface area contributed by atoms with E-state index in [1.165, 1.54) is 6.42 Å². The van der Waals surface area contributed by atoms with E-state index in [1.807, 2.05) is 0 Å². The molecule has 0 radical (unpaired) electrons. The first-order valence-corrected chi connectivity index (χ1v) is 9.38. The number of benzene rings is 1. The Balaban J connectivity index is 1.68. The van der Waals surface area contributed by atoms with Gasteiger partial charge >= 0.3 is 6.03 Å². The van der Waals surface area contributed by atoms with Crippen molar-refractivity contribution in [1.29, 1.82) is 0 Å². The van der Waals surface area contributed by atoms with Gasteiger partial charge in [0.1, 0.15) is 12.1 Å². The number of halogens is 1. The Kier molecular flexibility index (Phi) is 5.23. The highest BCUT2D eigenvalue weighted by Gasteiger charge is 2.49. The monoisotopic (exact) mass is 377 g/mol. The molecule has 140 valence electrons. The van der Waals surface area contributed by atoms with Crippen LogP contribution in [0.4, 0.5) is 4.79 Å². The average molecular weight is 378 g/mol. The van der Waals surface area contributed by atoms with Gasteiger partial charge in [-0.15, -0.1) is 0 Å². The van der Waals surface area contributed by atoms with Crippen LogP contribution in [-0.4, -0.2) is 35.3 Å². The molecule has 2 N–H and O–H groups in total. The first kappa shape index (κ1) is 18.7. The maximum atomic E-state index is 12.8. The largest absolute Gasteiger partial charge is 0.352 e. The number of rotatable bonds is 4. The summed E-state index contributed by atoms with van der Waals surface area (Å²) < 4.78 is 0. The topological polar surface area (TPSA) is 78.5 Å². The van der Waals surface area contributed by atoms with Crippen LogP contribution < -0.4 is 10.6 Å². The van der Waals surface area contributed by atoms with Gasteiger partial charge in [-0.25, -0.2) is 4.79 Å².